The minimum absolute atomic E-state index is 0.289. The molecule has 1 aliphatic carbocycles. The molecule has 34 heavy (non-hydrogen) atoms. The van der Waals surface area contributed by atoms with Crippen LogP contribution in [-0.4, -0.2) is 45.2 Å². The molecule has 1 aliphatic rings. The van der Waals surface area contributed by atoms with Gasteiger partial charge in [-0.3, -0.25) is 0 Å². The van der Waals surface area contributed by atoms with E-state index in [0.717, 1.165) is 60.1 Å². The number of H-pyrrole nitrogens is 1. The van der Waals surface area contributed by atoms with E-state index in [0.29, 0.717) is 24.4 Å². The summed E-state index contributed by atoms with van der Waals surface area (Å²) in [6.45, 7) is 1.13. The second-order valence-corrected chi connectivity index (χ2v) is 8.76. The predicted molar refractivity (Wildman–Crippen MR) is 127 cm³/mol. The Balaban J connectivity index is 1.28. The number of benzene rings is 1. The van der Waals surface area contributed by atoms with Crippen LogP contribution in [0, 0.1) is 5.82 Å². The first-order chi connectivity index (χ1) is 16.7. The second-order valence-electron chi connectivity index (χ2n) is 8.76. The van der Waals surface area contributed by atoms with Crippen molar-refractivity contribution < 1.29 is 13.9 Å². The average Bonchev–Trinajstić information content (AvgIpc) is 3.50. The molecule has 0 radical (unpaired) electrons. The van der Waals surface area contributed by atoms with Crippen LogP contribution >= 0.6 is 0 Å². The average molecular weight is 465 g/mol. The summed E-state index contributed by atoms with van der Waals surface area (Å²) in [5.74, 6) is 0.795. The highest BCUT2D eigenvalue weighted by Gasteiger charge is 2.24. The van der Waals surface area contributed by atoms with Gasteiger partial charge in [-0.15, -0.1) is 5.10 Å². The van der Waals surface area contributed by atoms with E-state index in [1.807, 2.05) is 6.07 Å². The fraction of sp³-hybridized carbons (Fsp3) is 0.400. The Morgan fingerprint density at radius 1 is 1.12 bits per heavy atom. The monoisotopic (exact) mass is 464 g/mol. The molecular weight excluding hydrogens is 435 g/mol. The summed E-state index contributed by atoms with van der Waals surface area (Å²) in [5, 5.41) is 12.7. The van der Waals surface area contributed by atoms with Crippen LogP contribution in [0.3, 0.4) is 0 Å². The quantitative estimate of drug-likeness (QED) is 0.402. The highest BCUT2D eigenvalue weighted by molar-refractivity contribution is 5.95. The van der Waals surface area contributed by atoms with Gasteiger partial charge in [0.1, 0.15) is 23.9 Å². The highest BCUT2D eigenvalue weighted by Crippen LogP contribution is 2.38. The third-order valence-corrected chi connectivity index (χ3v) is 6.69. The molecule has 178 valence electrons. The van der Waals surface area contributed by atoms with Gasteiger partial charge in [-0.1, -0.05) is 5.21 Å². The third-order valence-electron chi connectivity index (χ3n) is 6.69. The molecular formula is C25H29FN6O2. The molecule has 1 saturated carbocycles. The van der Waals surface area contributed by atoms with E-state index in [9.17, 15) is 4.39 Å². The molecule has 0 bridgehead atoms. The maximum Gasteiger partial charge on any atom is 0.141 e. The zero-order valence-electron chi connectivity index (χ0n) is 19.4. The van der Waals surface area contributed by atoms with Crippen molar-refractivity contribution in [3.63, 3.8) is 0 Å². The van der Waals surface area contributed by atoms with Crippen molar-refractivity contribution in [1.29, 1.82) is 0 Å². The van der Waals surface area contributed by atoms with Crippen LogP contribution in [0.4, 0.5) is 4.39 Å². The van der Waals surface area contributed by atoms with Crippen molar-refractivity contribution >= 4 is 11.0 Å². The van der Waals surface area contributed by atoms with Crippen LogP contribution < -0.4 is 10.1 Å². The van der Waals surface area contributed by atoms with E-state index in [2.05, 4.69) is 31.7 Å². The smallest absolute Gasteiger partial charge is 0.141 e. The number of nitrogens with one attached hydrogen (secondary N) is 2. The number of nitrogens with zero attached hydrogens (tertiary/aromatic N) is 4. The standard InChI is InChI=1S/C25H29FN6O2/c1-33-15-32-19(14-29-31-32)13-28-18-6-3-16(4-7-18)23-12-22-20(9-10-27-25(22)30-23)21-11-17(26)5-8-24(21)34-2/h5,8-12,14,16,18,28H,3-4,6-7,13,15H2,1-2H3,(H,27,30)/t16-,18-. The summed E-state index contributed by atoms with van der Waals surface area (Å²) in [4.78, 5) is 8.05. The lowest BCUT2D eigenvalue weighted by Crippen LogP contribution is -2.33. The van der Waals surface area contributed by atoms with E-state index in [4.69, 9.17) is 9.47 Å². The lowest BCUT2D eigenvalue weighted by Gasteiger charge is -2.28. The number of hydrogen-bond donors (Lipinski definition) is 2. The number of aromatic nitrogens is 5. The van der Waals surface area contributed by atoms with Gasteiger partial charge in [-0.05, 0) is 67.5 Å². The molecule has 0 amide bonds. The maximum atomic E-state index is 14.0. The van der Waals surface area contributed by atoms with Crippen LogP contribution in [0.5, 0.6) is 5.75 Å². The molecule has 0 spiro atoms. The van der Waals surface area contributed by atoms with E-state index < -0.39 is 0 Å². The fourth-order valence-corrected chi connectivity index (χ4v) is 4.90. The fourth-order valence-electron chi connectivity index (χ4n) is 4.90. The summed E-state index contributed by atoms with van der Waals surface area (Å²) < 4.78 is 26.4. The Bertz CT molecular complexity index is 1260. The Morgan fingerprint density at radius 2 is 1.97 bits per heavy atom. The van der Waals surface area contributed by atoms with Crippen molar-refractivity contribution in [3.8, 4) is 16.9 Å². The van der Waals surface area contributed by atoms with Gasteiger partial charge >= 0.3 is 0 Å². The minimum atomic E-state index is -0.289. The zero-order valence-corrected chi connectivity index (χ0v) is 19.4. The molecule has 0 atom stereocenters. The van der Waals surface area contributed by atoms with Crippen molar-refractivity contribution in [3.05, 3.63) is 59.9 Å². The largest absolute Gasteiger partial charge is 0.496 e. The molecule has 8 nitrogen and oxygen atoms in total. The molecule has 0 unspecified atom stereocenters. The Hall–Kier alpha value is -3.30. The van der Waals surface area contributed by atoms with Gasteiger partial charge < -0.3 is 19.8 Å². The minimum Gasteiger partial charge on any atom is -0.496 e. The summed E-state index contributed by atoms with van der Waals surface area (Å²) in [6.07, 6.45) is 7.87. The van der Waals surface area contributed by atoms with E-state index in [-0.39, 0.29) is 5.82 Å². The van der Waals surface area contributed by atoms with Gasteiger partial charge in [-0.25, -0.2) is 14.1 Å². The lowest BCUT2D eigenvalue weighted by molar-refractivity contribution is 0.115. The number of fused-ring (bicyclic) bond motifs is 1. The highest BCUT2D eigenvalue weighted by atomic mass is 19.1. The van der Waals surface area contributed by atoms with Crippen molar-refractivity contribution in [2.45, 2.75) is 50.9 Å². The molecule has 3 heterocycles. The van der Waals surface area contributed by atoms with Gasteiger partial charge in [0.25, 0.3) is 0 Å². The molecule has 0 aliphatic heterocycles. The molecule has 4 aromatic rings. The number of pyridine rings is 1. The third kappa shape index (κ3) is 4.53. The zero-order chi connectivity index (χ0) is 23.5. The SMILES string of the molecule is COCn1nncc1CN[C@H]1CC[C@H](c2cc3c(-c4cc(F)ccc4OC)ccnc3[nH]2)CC1. The van der Waals surface area contributed by atoms with Crippen molar-refractivity contribution in [1.82, 2.24) is 30.3 Å². The van der Waals surface area contributed by atoms with Crippen molar-refractivity contribution in [2.24, 2.45) is 0 Å². The number of methoxy groups -OCH3 is 2. The predicted octanol–water partition coefficient (Wildman–Crippen LogP) is 4.39. The normalized spacial score (nSPS) is 18.4. The Labute approximate surface area is 197 Å². The molecule has 2 N–H and O–H groups in total. The molecule has 9 heteroatoms. The van der Waals surface area contributed by atoms with Crippen molar-refractivity contribution in [2.75, 3.05) is 14.2 Å². The summed E-state index contributed by atoms with van der Waals surface area (Å²) in [6, 6.07) is 9.15. The molecule has 0 saturated heterocycles. The van der Waals surface area contributed by atoms with Crippen LogP contribution in [0.25, 0.3) is 22.2 Å². The van der Waals surface area contributed by atoms with Crippen LogP contribution in [0.15, 0.2) is 42.7 Å². The summed E-state index contributed by atoms with van der Waals surface area (Å²) in [5.41, 5.74) is 4.67. The lowest BCUT2D eigenvalue weighted by atomic mass is 9.84. The molecule has 1 fully saturated rings. The first kappa shape index (κ1) is 22.5. The van der Waals surface area contributed by atoms with Gasteiger partial charge in [0.15, 0.2) is 0 Å². The topological polar surface area (TPSA) is 89.9 Å². The van der Waals surface area contributed by atoms with Gasteiger partial charge in [-0.2, -0.15) is 0 Å². The molecule has 1 aromatic carbocycles. The number of hydrogen-bond acceptors (Lipinski definition) is 6. The molecule has 5 rings (SSSR count). The number of halogens is 1. The van der Waals surface area contributed by atoms with Crippen LogP contribution in [-0.2, 0) is 18.0 Å². The van der Waals surface area contributed by atoms with Gasteiger partial charge in [0.2, 0.25) is 0 Å². The van der Waals surface area contributed by atoms with Gasteiger partial charge in [0.05, 0.1) is 19.0 Å². The number of rotatable bonds is 8. The summed E-state index contributed by atoms with van der Waals surface area (Å²) >= 11 is 0. The van der Waals surface area contributed by atoms with Crippen LogP contribution in [0.1, 0.15) is 43.0 Å². The number of ether oxygens (including phenoxy) is 2. The molecule has 3 aromatic heterocycles. The van der Waals surface area contributed by atoms with Crippen LogP contribution in [0.2, 0.25) is 0 Å². The Morgan fingerprint density at radius 3 is 2.76 bits per heavy atom. The summed E-state index contributed by atoms with van der Waals surface area (Å²) in [7, 11) is 3.25. The number of aromatic amines is 1. The van der Waals surface area contributed by atoms with Gasteiger partial charge in [0, 0.05) is 42.5 Å². The van der Waals surface area contributed by atoms with E-state index in [1.54, 1.807) is 37.4 Å². The van der Waals surface area contributed by atoms with E-state index >= 15 is 0 Å². The second kappa shape index (κ2) is 9.90. The first-order valence-electron chi connectivity index (χ1n) is 11.6. The Kier molecular flexibility index (Phi) is 6.55. The van der Waals surface area contributed by atoms with E-state index in [1.165, 1.54) is 17.8 Å². The maximum absolute atomic E-state index is 14.0. The first-order valence-corrected chi connectivity index (χ1v) is 11.6.